The average molecular weight is 480 g/mol. The standard InChI is InChI=1S/C24H22ClN5O2S/c1-15(26-23(32)17-10-12-18(25)13-11-17)22-28-29-24(30(22)2)33-14-21(31)27-20-9-5-7-16-6-3-4-8-19(16)20/h3-13,15H,14H2,1-2H3,(H,26,32)(H,27,31)/t15-/m1/s1. The third kappa shape index (κ3) is 5.35. The van der Waals surface area contributed by atoms with E-state index in [1.165, 1.54) is 11.8 Å². The number of hydrogen-bond donors (Lipinski definition) is 2. The molecule has 0 unspecified atom stereocenters. The molecule has 4 rings (SSSR count). The molecule has 0 fully saturated rings. The molecule has 9 heteroatoms. The molecule has 0 aliphatic carbocycles. The zero-order chi connectivity index (χ0) is 23.4. The van der Waals surface area contributed by atoms with Gasteiger partial charge in [-0.2, -0.15) is 0 Å². The molecule has 168 valence electrons. The highest BCUT2D eigenvalue weighted by Gasteiger charge is 2.19. The van der Waals surface area contributed by atoms with Crippen molar-refractivity contribution < 1.29 is 9.59 Å². The SMILES string of the molecule is C[C@@H](NC(=O)c1ccc(Cl)cc1)c1nnc(SCC(=O)Nc2cccc3ccccc23)n1C. The van der Waals surface area contributed by atoms with Crippen molar-refractivity contribution in [3.63, 3.8) is 0 Å². The van der Waals surface area contributed by atoms with E-state index in [4.69, 9.17) is 11.6 Å². The molecule has 0 saturated heterocycles. The van der Waals surface area contributed by atoms with Gasteiger partial charge in [-0.05, 0) is 42.6 Å². The predicted molar refractivity (Wildman–Crippen MR) is 132 cm³/mol. The van der Waals surface area contributed by atoms with Crippen LogP contribution in [0.15, 0.2) is 71.9 Å². The molecule has 1 heterocycles. The summed E-state index contributed by atoms with van der Waals surface area (Å²) in [6.07, 6.45) is 0. The molecular formula is C24H22ClN5O2S. The van der Waals surface area contributed by atoms with Crippen LogP contribution in [0.4, 0.5) is 5.69 Å². The van der Waals surface area contributed by atoms with E-state index in [0.717, 1.165) is 16.5 Å². The highest BCUT2D eigenvalue weighted by molar-refractivity contribution is 7.99. The number of carbonyl (C=O) groups is 2. The van der Waals surface area contributed by atoms with Crippen LogP contribution in [0.2, 0.25) is 5.02 Å². The maximum absolute atomic E-state index is 12.6. The second kappa shape index (κ2) is 10.1. The van der Waals surface area contributed by atoms with Crippen molar-refractivity contribution in [1.82, 2.24) is 20.1 Å². The van der Waals surface area contributed by atoms with Gasteiger partial charge in [0, 0.05) is 28.7 Å². The van der Waals surface area contributed by atoms with Crippen molar-refractivity contribution in [2.24, 2.45) is 7.05 Å². The number of thioether (sulfide) groups is 1. The van der Waals surface area contributed by atoms with Crippen LogP contribution in [0.25, 0.3) is 10.8 Å². The van der Waals surface area contributed by atoms with Gasteiger partial charge in [0.2, 0.25) is 5.91 Å². The minimum Gasteiger partial charge on any atom is -0.342 e. The van der Waals surface area contributed by atoms with Gasteiger partial charge in [-0.25, -0.2) is 0 Å². The number of rotatable bonds is 7. The molecule has 3 aromatic carbocycles. The number of benzene rings is 3. The van der Waals surface area contributed by atoms with Crippen molar-refractivity contribution in [2.45, 2.75) is 18.1 Å². The maximum Gasteiger partial charge on any atom is 0.251 e. The number of amides is 2. The monoisotopic (exact) mass is 479 g/mol. The fourth-order valence-corrected chi connectivity index (χ4v) is 4.27. The van der Waals surface area contributed by atoms with Gasteiger partial charge < -0.3 is 15.2 Å². The van der Waals surface area contributed by atoms with Crippen LogP contribution >= 0.6 is 23.4 Å². The summed E-state index contributed by atoms with van der Waals surface area (Å²) in [5, 5.41) is 17.5. The van der Waals surface area contributed by atoms with Gasteiger partial charge in [0.15, 0.2) is 11.0 Å². The normalized spacial score (nSPS) is 11.8. The third-order valence-corrected chi connectivity index (χ3v) is 6.38. The number of fused-ring (bicyclic) bond motifs is 1. The van der Waals surface area contributed by atoms with Crippen molar-refractivity contribution in [3.05, 3.63) is 83.1 Å². The van der Waals surface area contributed by atoms with Crippen molar-refractivity contribution in [1.29, 1.82) is 0 Å². The molecule has 1 aromatic heterocycles. The quantitative estimate of drug-likeness (QED) is 0.370. The molecule has 0 bridgehead atoms. The lowest BCUT2D eigenvalue weighted by atomic mass is 10.1. The molecule has 0 aliphatic heterocycles. The second-order valence-corrected chi connectivity index (χ2v) is 8.84. The second-order valence-electron chi connectivity index (χ2n) is 7.47. The Morgan fingerprint density at radius 3 is 2.55 bits per heavy atom. The molecular weight excluding hydrogens is 458 g/mol. The van der Waals surface area contributed by atoms with Crippen LogP contribution in [-0.2, 0) is 11.8 Å². The van der Waals surface area contributed by atoms with E-state index in [-0.39, 0.29) is 23.6 Å². The smallest absolute Gasteiger partial charge is 0.251 e. The Bertz CT molecular complexity index is 1300. The minimum absolute atomic E-state index is 0.134. The Morgan fingerprint density at radius 1 is 1.03 bits per heavy atom. The van der Waals surface area contributed by atoms with Gasteiger partial charge in [-0.3, -0.25) is 9.59 Å². The Balaban J connectivity index is 1.37. The Morgan fingerprint density at radius 2 is 1.76 bits per heavy atom. The summed E-state index contributed by atoms with van der Waals surface area (Å²) in [5.41, 5.74) is 1.28. The van der Waals surface area contributed by atoms with E-state index < -0.39 is 0 Å². The van der Waals surface area contributed by atoms with Gasteiger partial charge in [0.05, 0.1) is 11.8 Å². The summed E-state index contributed by atoms with van der Waals surface area (Å²) in [6.45, 7) is 1.83. The van der Waals surface area contributed by atoms with Gasteiger partial charge in [-0.1, -0.05) is 59.8 Å². The Labute approximate surface area is 200 Å². The molecule has 0 aliphatic rings. The summed E-state index contributed by atoms with van der Waals surface area (Å²) in [5.74, 6) is 0.408. The van der Waals surface area contributed by atoms with Crippen LogP contribution < -0.4 is 10.6 Å². The number of hydrogen-bond acceptors (Lipinski definition) is 5. The van der Waals surface area contributed by atoms with Gasteiger partial charge in [0.25, 0.3) is 5.91 Å². The zero-order valence-electron chi connectivity index (χ0n) is 18.1. The first-order valence-corrected chi connectivity index (χ1v) is 11.6. The summed E-state index contributed by atoms with van der Waals surface area (Å²) in [7, 11) is 1.81. The first kappa shape index (κ1) is 22.8. The molecule has 0 radical (unpaired) electrons. The topological polar surface area (TPSA) is 88.9 Å². The van der Waals surface area contributed by atoms with Crippen molar-refractivity contribution in [2.75, 3.05) is 11.1 Å². The fourth-order valence-electron chi connectivity index (χ4n) is 3.43. The van der Waals surface area contributed by atoms with Gasteiger partial charge in [0.1, 0.15) is 0 Å². The lowest BCUT2D eigenvalue weighted by Gasteiger charge is -2.13. The highest BCUT2D eigenvalue weighted by atomic mass is 35.5. The van der Waals surface area contributed by atoms with Crippen LogP contribution in [0.1, 0.15) is 29.1 Å². The highest BCUT2D eigenvalue weighted by Crippen LogP contribution is 2.24. The van der Waals surface area contributed by atoms with Crippen LogP contribution in [0.5, 0.6) is 0 Å². The molecule has 2 N–H and O–H groups in total. The number of anilines is 1. The fraction of sp³-hybridized carbons (Fsp3) is 0.167. The first-order chi connectivity index (χ1) is 15.9. The Kier molecular flexibility index (Phi) is 6.96. The summed E-state index contributed by atoms with van der Waals surface area (Å²) in [4.78, 5) is 25.0. The molecule has 0 saturated carbocycles. The summed E-state index contributed by atoms with van der Waals surface area (Å²) >= 11 is 7.17. The van der Waals surface area contributed by atoms with Crippen LogP contribution in [0, 0.1) is 0 Å². The number of nitrogens with zero attached hydrogens (tertiary/aromatic N) is 3. The molecule has 4 aromatic rings. The molecule has 33 heavy (non-hydrogen) atoms. The molecule has 1 atom stereocenters. The largest absolute Gasteiger partial charge is 0.342 e. The predicted octanol–water partition coefficient (Wildman–Crippen LogP) is 4.84. The minimum atomic E-state index is -0.371. The number of aromatic nitrogens is 3. The van der Waals surface area contributed by atoms with E-state index in [0.29, 0.717) is 21.6 Å². The van der Waals surface area contributed by atoms with Gasteiger partial charge in [-0.15, -0.1) is 10.2 Å². The van der Waals surface area contributed by atoms with Crippen molar-refractivity contribution >= 4 is 51.6 Å². The average Bonchev–Trinajstić information content (AvgIpc) is 3.18. The number of halogens is 1. The lowest BCUT2D eigenvalue weighted by molar-refractivity contribution is -0.113. The first-order valence-electron chi connectivity index (χ1n) is 10.3. The van der Waals surface area contributed by atoms with E-state index in [9.17, 15) is 9.59 Å². The van der Waals surface area contributed by atoms with E-state index in [2.05, 4.69) is 20.8 Å². The number of carbonyl (C=O) groups excluding carboxylic acids is 2. The van der Waals surface area contributed by atoms with Crippen LogP contribution in [-0.4, -0.2) is 32.3 Å². The lowest BCUT2D eigenvalue weighted by Crippen LogP contribution is -2.28. The van der Waals surface area contributed by atoms with E-state index in [1.807, 2.05) is 56.4 Å². The molecule has 0 spiro atoms. The Hall–Kier alpha value is -3.36. The van der Waals surface area contributed by atoms with E-state index in [1.54, 1.807) is 28.8 Å². The van der Waals surface area contributed by atoms with Crippen LogP contribution in [0.3, 0.4) is 0 Å². The summed E-state index contributed by atoms with van der Waals surface area (Å²) < 4.78 is 1.78. The van der Waals surface area contributed by atoms with Crippen molar-refractivity contribution in [3.8, 4) is 0 Å². The molecule has 7 nitrogen and oxygen atoms in total. The zero-order valence-corrected chi connectivity index (χ0v) is 19.7. The molecule has 2 amide bonds. The summed E-state index contributed by atoms with van der Waals surface area (Å²) in [6, 6.07) is 20.0. The maximum atomic E-state index is 12.6. The third-order valence-electron chi connectivity index (χ3n) is 5.11. The number of nitrogens with one attached hydrogen (secondary N) is 2. The van der Waals surface area contributed by atoms with Gasteiger partial charge >= 0.3 is 0 Å². The van der Waals surface area contributed by atoms with E-state index >= 15 is 0 Å².